The number of aliphatic carboxylic acids is 1. The molecule has 4 nitrogen and oxygen atoms in total. The maximum absolute atomic E-state index is 11.7. The molecule has 0 bridgehead atoms. The molecular formula is C18H36NO3+. The molecule has 0 aliphatic rings. The number of nitrogens with zero attached hydrogens (tertiary/aromatic N) is 1. The molecule has 0 saturated carbocycles. The van der Waals surface area contributed by atoms with Crippen LogP contribution < -0.4 is 0 Å². The zero-order chi connectivity index (χ0) is 17.0. The smallest absolute Gasteiger partial charge is 0.362 e. The molecule has 0 radical (unpaired) electrons. The van der Waals surface area contributed by atoms with Crippen LogP contribution in [0.4, 0.5) is 0 Å². The van der Waals surface area contributed by atoms with E-state index in [4.69, 9.17) is 0 Å². The predicted molar refractivity (Wildman–Crippen MR) is 91.8 cm³/mol. The van der Waals surface area contributed by atoms with Crippen LogP contribution in [0.1, 0.15) is 66.2 Å². The van der Waals surface area contributed by atoms with Crippen LogP contribution in [-0.2, 0) is 4.79 Å². The summed E-state index contributed by atoms with van der Waals surface area (Å²) in [5.74, 6) is -0.744. The topological polar surface area (TPSA) is 57.5 Å². The van der Waals surface area contributed by atoms with Crippen molar-refractivity contribution < 1.29 is 19.5 Å². The number of hydrogen-bond donors (Lipinski definition) is 2. The largest absolute Gasteiger partial charge is 0.477 e. The summed E-state index contributed by atoms with van der Waals surface area (Å²) in [6, 6.07) is -0.432. The van der Waals surface area contributed by atoms with Gasteiger partial charge in [-0.1, -0.05) is 52.7 Å². The van der Waals surface area contributed by atoms with E-state index in [1.54, 1.807) is 0 Å². The first-order chi connectivity index (χ1) is 10.5. The van der Waals surface area contributed by atoms with E-state index in [0.717, 1.165) is 45.2 Å². The van der Waals surface area contributed by atoms with Gasteiger partial charge in [0.05, 0.1) is 13.1 Å². The van der Waals surface area contributed by atoms with Gasteiger partial charge in [-0.3, -0.25) is 0 Å². The lowest BCUT2D eigenvalue weighted by Crippen LogP contribution is -2.61. The van der Waals surface area contributed by atoms with Gasteiger partial charge < -0.3 is 14.7 Å². The third kappa shape index (κ3) is 6.93. The number of rotatable bonds is 13. The maximum Gasteiger partial charge on any atom is 0.362 e. The normalized spacial score (nSPS) is 15.1. The highest BCUT2D eigenvalue weighted by Gasteiger charge is 2.40. The van der Waals surface area contributed by atoms with Crippen molar-refractivity contribution in [1.29, 1.82) is 0 Å². The molecule has 4 heteroatoms. The second-order valence-corrected chi connectivity index (χ2v) is 6.25. The van der Waals surface area contributed by atoms with Crippen LogP contribution in [0.25, 0.3) is 0 Å². The highest BCUT2D eigenvalue weighted by atomic mass is 16.4. The molecule has 0 fully saturated rings. The number of carbonyl (C=O) groups is 1. The number of allylic oxidation sites excluding steroid dienone is 1. The minimum atomic E-state index is -0.744. The Labute approximate surface area is 136 Å². The highest BCUT2D eigenvalue weighted by Crippen LogP contribution is 2.21. The Balaban J connectivity index is 5.11. The molecule has 2 unspecified atom stereocenters. The van der Waals surface area contributed by atoms with E-state index in [-0.39, 0.29) is 0 Å². The standard InChI is InChI=1S/C18H35NO3/c1-5-9-10-11-12-16(20)15-19(13-6-2,14-7-3)17(8-4)18(21)22/h11-12,16-17,20H,5-10,13-15H2,1-4H3/p+1/b12-11+. The molecule has 2 atom stereocenters. The van der Waals surface area contributed by atoms with Crippen LogP contribution in [0.5, 0.6) is 0 Å². The van der Waals surface area contributed by atoms with Gasteiger partial charge in [0, 0.05) is 6.42 Å². The van der Waals surface area contributed by atoms with Gasteiger partial charge in [0.2, 0.25) is 0 Å². The molecule has 0 amide bonds. The SMILES string of the molecule is CCCC/C=C/C(O)C[N+](CCC)(CCC)C(CC)C(=O)O. The molecule has 0 spiro atoms. The molecule has 0 saturated heterocycles. The van der Waals surface area contributed by atoms with Crippen molar-refractivity contribution in [2.24, 2.45) is 0 Å². The second kappa shape index (κ2) is 11.7. The lowest BCUT2D eigenvalue weighted by molar-refractivity contribution is -0.945. The summed E-state index contributed by atoms with van der Waals surface area (Å²) in [5.41, 5.74) is 0. The number of unbranched alkanes of at least 4 members (excludes halogenated alkanes) is 2. The van der Waals surface area contributed by atoms with E-state index < -0.39 is 18.1 Å². The third-order valence-electron chi connectivity index (χ3n) is 4.30. The number of quaternary nitrogens is 1. The fourth-order valence-electron chi connectivity index (χ4n) is 3.43. The molecule has 0 heterocycles. The molecule has 22 heavy (non-hydrogen) atoms. The Hall–Kier alpha value is -0.870. The summed E-state index contributed by atoms with van der Waals surface area (Å²) < 4.78 is 0.484. The lowest BCUT2D eigenvalue weighted by atomic mass is 10.1. The maximum atomic E-state index is 11.7. The molecule has 0 aromatic heterocycles. The average molecular weight is 314 g/mol. The summed E-state index contributed by atoms with van der Waals surface area (Å²) in [5, 5.41) is 20.0. The van der Waals surface area contributed by atoms with E-state index in [0.29, 0.717) is 17.4 Å². The van der Waals surface area contributed by atoms with E-state index >= 15 is 0 Å². The summed E-state index contributed by atoms with van der Waals surface area (Å²) in [4.78, 5) is 11.7. The number of aliphatic hydroxyl groups excluding tert-OH is 1. The molecule has 0 aliphatic carbocycles. The fourth-order valence-corrected chi connectivity index (χ4v) is 3.43. The summed E-state index contributed by atoms with van der Waals surface area (Å²) in [6.45, 7) is 10.3. The molecule has 2 N–H and O–H groups in total. The zero-order valence-electron chi connectivity index (χ0n) is 14.9. The molecular weight excluding hydrogens is 278 g/mol. The van der Waals surface area contributed by atoms with Crippen molar-refractivity contribution in [2.45, 2.75) is 78.4 Å². The van der Waals surface area contributed by atoms with E-state index in [1.807, 2.05) is 19.1 Å². The number of aliphatic hydroxyl groups is 1. The first kappa shape index (κ1) is 21.1. The minimum absolute atomic E-state index is 0.432. The summed E-state index contributed by atoms with van der Waals surface area (Å²) in [7, 11) is 0. The molecule has 0 rings (SSSR count). The van der Waals surface area contributed by atoms with Crippen molar-refractivity contribution in [2.75, 3.05) is 19.6 Å². The predicted octanol–water partition coefficient (Wildman–Crippen LogP) is 3.59. The van der Waals surface area contributed by atoms with E-state index in [9.17, 15) is 15.0 Å². The van der Waals surface area contributed by atoms with Gasteiger partial charge in [0.25, 0.3) is 0 Å². The van der Waals surface area contributed by atoms with Crippen LogP contribution in [0.3, 0.4) is 0 Å². The Kier molecular flexibility index (Phi) is 11.2. The summed E-state index contributed by atoms with van der Waals surface area (Å²) >= 11 is 0. The monoisotopic (exact) mass is 314 g/mol. The van der Waals surface area contributed by atoms with Crippen molar-refractivity contribution in [1.82, 2.24) is 0 Å². The molecule has 130 valence electrons. The van der Waals surface area contributed by atoms with Gasteiger partial charge in [0.1, 0.15) is 12.6 Å². The van der Waals surface area contributed by atoms with Gasteiger partial charge >= 0.3 is 5.97 Å². The van der Waals surface area contributed by atoms with Crippen LogP contribution in [0, 0.1) is 0 Å². The van der Waals surface area contributed by atoms with Gasteiger partial charge in [-0.05, 0) is 19.3 Å². The Bertz CT molecular complexity index is 322. The van der Waals surface area contributed by atoms with Gasteiger partial charge in [-0.25, -0.2) is 4.79 Å². The Morgan fingerprint density at radius 2 is 1.68 bits per heavy atom. The van der Waals surface area contributed by atoms with Crippen LogP contribution >= 0.6 is 0 Å². The van der Waals surface area contributed by atoms with Gasteiger partial charge in [-0.2, -0.15) is 0 Å². The molecule has 0 aromatic carbocycles. The molecule has 0 aromatic rings. The second-order valence-electron chi connectivity index (χ2n) is 6.25. The van der Waals surface area contributed by atoms with Crippen molar-refractivity contribution in [3.05, 3.63) is 12.2 Å². The van der Waals surface area contributed by atoms with Crippen molar-refractivity contribution in [3.63, 3.8) is 0 Å². The lowest BCUT2D eigenvalue weighted by Gasteiger charge is -2.43. The number of hydrogen-bond acceptors (Lipinski definition) is 2. The zero-order valence-corrected chi connectivity index (χ0v) is 14.9. The first-order valence-electron chi connectivity index (χ1n) is 8.90. The third-order valence-corrected chi connectivity index (χ3v) is 4.30. The minimum Gasteiger partial charge on any atom is -0.477 e. The van der Waals surface area contributed by atoms with Crippen LogP contribution in [-0.4, -0.2) is 52.4 Å². The van der Waals surface area contributed by atoms with Crippen molar-refractivity contribution in [3.8, 4) is 0 Å². The van der Waals surface area contributed by atoms with Crippen LogP contribution in [0.2, 0.25) is 0 Å². The van der Waals surface area contributed by atoms with Crippen molar-refractivity contribution >= 4 is 5.97 Å². The summed E-state index contributed by atoms with van der Waals surface area (Å²) in [6.07, 6.45) is 9.01. The number of carboxylic acids is 1. The van der Waals surface area contributed by atoms with E-state index in [2.05, 4.69) is 20.8 Å². The van der Waals surface area contributed by atoms with E-state index in [1.165, 1.54) is 0 Å². The Morgan fingerprint density at radius 3 is 2.09 bits per heavy atom. The average Bonchev–Trinajstić information content (AvgIpc) is 2.44. The molecule has 0 aliphatic heterocycles. The fraction of sp³-hybridized carbons (Fsp3) is 0.833. The first-order valence-corrected chi connectivity index (χ1v) is 8.90. The number of carboxylic acid groups (broad SMARTS) is 1. The Morgan fingerprint density at radius 1 is 1.09 bits per heavy atom. The van der Waals surface area contributed by atoms with Gasteiger partial charge in [0.15, 0.2) is 6.04 Å². The quantitative estimate of drug-likeness (QED) is 0.310. The highest BCUT2D eigenvalue weighted by molar-refractivity contribution is 5.72. The van der Waals surface area contributed by atoms with Gasteiger partial charge in [-0.15, -0.1) is 0 Å². The van der Waals surface area contributed by atoms with Crippen LogP contribution in [0.15, 0.2) is 12.2 Å².